The highest BCUT2D eigenvalue weighted by atomic mass is 16.3. The van der Waals surface area contributed by atoms with Crippen molar-refractivity contribution in [2.24, 2.45) is 0 Å². The van der Waals surface area contributed by atoms with Crippen molar-refractivity contribution in [3.8, 4) is 33.8 Å². The molecule has 6 heteroatoms. The lowest BCUT2D eigenvalue weighted by Crippen LogP contribution is -2.32. The summed E-state index contributed by atoms with van der Waals surface area (Å²) in [7, 11) is 0. The zero-order valence-electron chi connectivity index (χ0n) is 30.7. The minimum absolute atomic E-state index is 0.201. The lowest BCUT2D eigenvalue weighted by molar-refractivity contribution is 0.666. The number of aromatic nitrogens is 5. The molecule has 0 N–H and O–H groups in total. The molecule has 1 unspecified atom stereocenters. The predicted octanol–water partition coefficient (Wildman–Crippen LogP) is 10.9. The van der Waals surface area contributed by atoms with Crippen LogP contribution in [0.4, 0.5) is 0 Å². The number of furan rings is 1. The summed E-state index contributed by atoms with van der Waals surface area (Å²) < 4.78 is 11.4. The van der Waals surface area contributed by atoms with E-state index in [1.165, 1.54) is 16.1 Å². The summed E-state index contributed by atoms with van der Waals surface area (Å²) >= 11 is 0. The fourth-order valence-corrected chi connectivity index (χ4v) is 9.07. The van der Waals surface area contributed by atoms with Gasteiger partial charge in [-0.05, 0) is 102 Å². The van der Waals surface area contributed by atoms with Crippen LogP contribution in [0.5, 0.6) is 0 Å². The zero-order chi connectivity index (χ0) is 37.5. The average Bonchev–Trinajstić information content (AvgIpc) is 3.94. The Balaban J connectivity index is 0.994. The molecular formula is C51H33N5O. The molecule has 1 aliphatic carbocycles. The van der Waals surface area contributed by atoms with Gasteiger partial charge in [-0.2, -0.15) is 0 Å². The van der Waals surface area contributed by atoms with Crippen LogP contribution in [-0.4, -0.2) is 24.1 Å². The van der Waals surface area contributed by atoms with Crippen LogP contribution in [0.1, 0.15) is 17.9 Å². The molecule has 0 amide bonds. The van der Waals surface area contributed by atoms with Crippen molar-refractivity contribution in [3.63, 3.8) is 0 Å². The van der Waals surface area contributed by atoms with Crippen molar-refractivity contribution >= 4 is 67.1 Å². The topological polar surface area (TPSA) is 61.7 Å². The van der Waals surface area contributed by atoms with E-state index in [4.69, 9.17) is 14.4 Å². The molecule has 5 aromatic carbocycles. The van der Waals surface area contributed by atoms with Crippen LogP contribution in [0.25, 0.3) is 101 Å². The second-order valence-corrected chi connectivity index (χ2v) is 14.8. The quantitative estimate of drug-likeness (QED) is 0.177. The molecule has 6 nitrogen and oxygen atoms in total. The highest BCUT2D eigenvalue weighted by Gasteiger charge is 2.22. The Morgan fingerprint density at radius 1 is 0.544 bits per heavy atom. The van der Waals surface area contributed by atoms with Crippen molar-refractivity contribution < 1.29 is 4.42 Å². The van der Waals surface area contributed by atoms with E-state index in [1.54, 1.807) is 0 Å². The van der Waals surface area contributed by atoms with Gasteiger partial charge in [-0.3, -0.25) is 15.0 Å². The van der Waals surface area contributed by atoms with E-state index >= 15 is 0 Å². The first-order valence-electron chi connectivity index (χ1n) is 19.4. The number of benzene rings is 5. The fourth-order valence-electron chi connectivity index (χ4n) is 9.07. The predicted molar refractivity (Wildman–Crippen MR) is 231 cm³/mol. The molecule has 57 heavy (non-hydrogen) atoms. The maximum absolute atomic E-state index is 6.79. The van der Waals surface area contributed by atoms with Crippen molar-refractivity contribution in [1.82, 2.24) is 24.1 Å². The van der Waals surface area contributed by atoms with Gasteiger partial charge in [0.05, 0.1) is 44.3 Å². The molecule has 12 rings (SSSR count). The maximum atomic E-state index is 6.79. The van der Waals surface area contributed by atoms with Gasteiger partial charge in [0.1, 0.15) is 5.58 Å². The fraction of sp³-hybridized carbons (Fsp3) is 0.0392. The highest BCUT2D eigenvalue weighted by Crippen LogP contribution is 2.41. The van der Waals surface area contributed by atoms with Gasteiger partial charge in [-0.25, -0.2) is 0 Å². The molecule has 0 fully saturated rings. The molecule has 6 aromatic heterocycles. The number of fused-ring (bicyclic) bond motifs is 9. The van der Waals surface area contributed by atoms with Crippen molar-refractivity contribution in [3.05, 3.63) is 186 Å². The van der Waals surface area contributed by atoms with E-state index in [-0.39, 0.29) is 5.92 Å². The first-order valence-corrected chi connectivity index (χ1v) is 19.4. The van der Waals surface area contributed by atoms with Crippen LogP contribution in [0.15, 0.2) is 175 Å². The number of hydrogen-bond donors (Lipinski definition) is 0. The van der Waals surface area contributed by atoms with Crippen LogP contribution in [0.3, 0.4) is 0 Å². The van der Waals surface area contributed by atoms with E-state index in [9.17, 15) is 0 Å². The molecule has 0 bridgehead atoms. The molecular weight excluding hydrogens is 699 g/mol. The molecule has 268 valence electrons. The molecule has 1 atom stereocenters. The van der Waals surface area contributed by atoms with E-state index in [2.05, 4.69) is 154 Å². The first kappa shape index (κ1) is 31.7. The summed E-state index contributed by atoms with van der Waals surface area (Å²) in [4.78, 5) is 14.5. The Kier molecular flexibility index (Phi) is 6.95. The van der Waals surface area contributed by atoms with E-state index in [0.29, 0.717) is 0 Å². The molecule has 11 aromatic rings. The third kappa shape index (κ3) is 4.87. The van der Waals surface area contributed by atoms with Gasteiger partial charge in [0.25, 0.3) is 0 Å². The number of para-hydroxylation sites is 2. The van der Waals surface area contributed by atoms with Gasteiger partial charge in [-0.15, -0.1) is 0 Å². The van der Waals surface area contributed by atoms with Gasteiger partial charge in [0.2, 0.25) is 0 Å². The summed E-state index contributed by atoms with van der Waals surface area (Å²) in [6.45, 7) is 0. The number of pyridine rings is 3. The van der Waals surface area contributed by atoms with Crippen LogP contribution in [0.2, 0.25) is 0 Å². The van der Waals surface area contributed by atoms with Crippen LogP contribution >= 0.6 is 0 Å². The molecule has 0 aliphatic heterocycles. The second kappa shape index (κ2) is 12.5. The van der Waals surface area contributed by atoms with Crippen LogP contribution in [0, 0.1) is 0 Å². The summed E-state index contributed by atoms with van der Waals surface area (Å²) in [6.07, 6.45) is 11.3. The molecule has 0 spiro atoms. The molecule has 6 heterocycles. The van der Waals surface area contributed by atoms with Gasteiger partial charge < -0.3 is 13.6 Å². The Hall–Kier alpha value is -7.57. The van der Waals surface area contributed by atoms with Crippen molar-refractivity contribution in [2.45, 2.75) is 12.3 Å². The summed E-state index contributed by atoms with van der Waals surface area (Å²) in [5, 5.41) is 5.68. The maximum Gasteiger partial charge on any atom is 0.159 e. The summed E-state index contributed by atoms with van der Waals surface area (Å²) in [5.41, 5.74) is 14.6. The monoisotopic (exact) mass is 731 g/mol. The molecule has 0 saturated heterocycles. The zero-order valence-corrected chi connectivity index (χ0v) is 30.7. The Morgan fingerprint density at radius 3 is 2.19 bits per heavy atom. The number of hydrogen-bond acceptors (Lipinski definition) is 4. The third-order valence-electron chi connectivity index (χ3n) is 11.6. The van der Waals surface area contributed by atoms with Crippen molar-refractivity contribution in [2.75, 3.05) is 0 Å². The van der Waals surface area contributed by atoms with Gasteiger partial charge in [-0.1, -0.05) is 84.9 Å². The van der Waals surface area contributed by atoms with Crippen LogP contribution in [-0.2, 0) is 0 Å². The summed E-state index contributed by atoms with van der Waals surface area (Å²) in [6, 6.07) is 53.3. The lowest BCUT2D eigenvalue weighted by Gasteiger charge is -2.14. The largest absolute Gasteiger partial charge is 0.454 e. The first-order chi connectivity index (χ1) is 28.3. The summed E-state index contributed by atoms with van der Waals surface area (Å²) in [5.74, 6) is 0.201. The third-order valence-corrected chi connectivity index (χ3v) is 11.6. The van der Waals surface area contributed by atoms with Crippen molar-refractivity contribution in [1.29, 1.82) is 0 Å². The van der Waals surface area contributed by atoms with Gasteiger partial charge >= 0.3 is 0 Å². The van der Waals surface area contributed by atoms with E-state index in [1.807, 2.05) is 42.9 Å². The normalized spacial score (nSPS) is 14.0. The Morgan fingerprint density at radius 2 is 1.33 bits per heavy atom. The number of nitrogens with zero attached hydrogens (tertiary/aromatic N) is 5. The van der Waals surface area contributed by atoms with E-state index in [0.717, 1.165) is 95.1 Å². The Labute approximate surface area is 326 Å². The van der Waals surface area contributed by atoms with Gasteiger partial charge in [0, 0.05) is 57.1 Å². The molecule has 1 aliphatic rings. The molecule has 0 saturated carbocycles. The minimum Gasteiger partial charge on any atom is -0.454 e. The SMILES string of the molecule is C1=c2c(n(-c3ccccc3)c3cccnc23)=CCC1c1ccc2oc3c(-n4c5ccc(-c6ccccc6-c6ccccn6)cc5c5ncccc54)cccc3c2c1. The lowest BCUT2D eigenvalue weighted by atomic mass is 9.91. The minimum atomic E-state index is 0.201. The second-order valence-electron chi connectivity index (χ2n) is 14.8. The van der Waals surface area contributed by atoms with E-state index < -0.39 is 0 Å². The standard InChI is InChI=1S/C51H33N5O/c1-2-11-35(12-3-1)55-43-23-20-32(30-40(43)49-45(55)18-9-27-53-49)33-22-25-48-39(29-33)38-15-8-17-47(51(38)57-48)56-44-24-21-34(31-41(44)50-46(56)19-10-28-54-50)36-13-4-5-14-37(36)42-16-6-7-26-52-42/h1-19,21-32H,20H2. The average molecular weight is 732 g/mol. The Bertz CT molecular complexity index is 3500. The van der Waals surface area contributed by atoms with Gasteiger partial charge in [0.15, 0.2) is 5.58 Å². The number of rotatable bonds is 5. The molecule has 0 radical (unpaired) electrons. The smallest absolute Gasteiger partial charge is 0.159 e. The highest BCUT2D eigenvalue weighted by molar-refractivity contribution is 6.12. The van der Waals surface area contributed by atoms with Crippen LogP contribution < -0.4 is 10.6 Å².